The number of fused-ring (bicyclic) bond motifs is 1. The Bertz CT molecular complexity index is 778. The van der Waals surface area contributed by atoms with Crippen LogP contribution in [0.3, 0.4) is 0 Å². The largest absolute Gasteiger partial charge is 0.346 e. The molecule has 1 saturated carbocycles. The molecule has 0 unspecified atom stereocenters. The monoisotopic (exact) mass is 354 g/mol. The number of amides is 1. The molecule has 138 valence electrons. The molecule has 0 saturated heterocycles. The summed E-state index contributed by atoms with van der Waals surface area (Å²) in [6.45, 7) is 8.88. The molecule has 0 bridgehead atoms. The Morgan fingerprint density at radius 1 is 1.27 bits per heavy atom. The fourth-order valence-electron chi connectivity index (χ4n) is 3.42. The number of aromatic nitrogens is 4. The molecule has 2 aliphatic rings. The van der Waals surface area contributed by atoms with Crippen molar-refractivity contribution < 1.29 is 4.79 Å². The Kier molecular flexibility index (Phi) is 4.72. The van der Waals surface area contributed by atoms with Gasteiger partial charge in [0, 0.05) is 37.9 Å². The van der Waals surface area contributed by atoms with Crippen molar-refractivity contribution in [2.75, 3.05) is 13.1 Å². The Morgan fingerprint density at radius 2 is 2.04 bits per heavy atom. The summed E-state index contributed by atoms with van der Waals surface area (Å²) in [6, 6.07) is 2.10. The van der Waals surface area contributed by atoms with Gasteiger partial charge >= 0.3 is 0 Å². The van der Waals surface area contributed by atoms with Gasteiger partial charge in [0.05, 0.1) is 30.0 Å². The van der Waals surface area contributed by atoms with E-state index in [1.165, 1.54) is 5.69 Å². The molecule has 0 radical (unpaired) electrons. The van der Waals surface area contributed by atoms with E-state index in [9.17, 15) is 4.79 Å². The first-order chi connectivity index (χ1) is 12.6. The Hall–Kier alpha value is -2.28. The van der Waals surface area contributed by atoms with E-state index in [1.54, 1.807) is 12.4 Å². The van der Waals surface area contributed by atoms with Crippen LogP contribution in [0.4, 0.5) is 0 Å². The number of carbonyl (C=O) groups excluding carboxylic acids is 1. The van der Waals surface area contributed by atoms with Crippen molar-refractivity contribution in [2.24, 2.45) is 5.92 Å². The van der Waals surface area contributed by atoms with Crippen molar-refractivity contribution in [3.05, 3.63) is 41.2 Å². The van der Waals surface area contributed by atoms with Crippen molar-refractivity contribution in [3.63, 3.8) is 0 Å². The molecule has 2 aromatic heterocycles. The van der Waals surface area contributed by atoms with E-state index in [0.29, 0.717) is 23.9 Å². The van der Waals surface area contributed by atoms with Crippen molar-refractivity contribution in [2.45, 2.75) is 52.2 Å². The lowest BCUT2D eigenvalue weighted by molar-refractivity contribution is 0.0949. The fourth-order valence-corrected chi connectivity index (χ4v) is 3.42. The summed E-state index contributed by atoms with van der Waals surface area (Å²) in [6.07, 6.45) is 5.56. The van der Waals surface area contributed by atoms with Crippen LogP contribution < -0.4 is 5.32 Å². The lowest BCUT2D eigenvalue weighted by Gasteiger charge is -2.28. The first-order valence-corrected chi connectivity index (χ1v) is 9.46. The highest BCUT2D eigenvalue weighted by Gasteiger charge is 2.26. The Balaban J connectivity index is 1.33. The van der Waals surface area contributed by atoms with Crippen LogP contribution in [0.1, 0.15) is 60.2 Å². The van der Waals surface area contributed by atoms with E-state index in [-0.39, 0.29) is 5.91 Å². The van der Waals surface area contributed by atoms with Gasteiger partial charge in [-0.3, -0.25) is 14.4 Å². The summed E-state index contributed by atoms with van der Waals surface area (Å²) in [5.74, 6) is 1.87. The van der Waals surface area contributed by atoms with E-state index in [2.05, 4.69) is 49.9 Å². The number of hydrogen-bond donors (Lipinski definition) is 1. The van der Waals surface area contributed by atoms with Gasteiger partial charge in [0.25, 0.3) is 5.91 Å². The molecular weight excluding hydrogens is 328 g/mol. The molecule has 1 fully saturated rings. The zero-order chi connectivity index (χ0) is 18.1. The minimum Gasteiger partial charge on any atom is -0.346 e. The van der Waals surface area contributed by atoms with Gasteiger partial charge < -0.3 is 5.32 Å². The molecule has 1 amide bonds. The molecule has 1 N–H and O–H groups in total. The third-order valence-corrected chi connectivity index (χ3v) is 4.86. The highest BCUT2D eigenvalue weighted by molar-refractivity contribution is 5.93. The van der Waals surface area contributed by atoms with Crippen LogP contribution >= 0.6 is 0 Å². The molecule has 0 aromatic carbocycles. The second kappa shape index (κ2) is 7.15. The predicted octanol–water partition coefficient (Wildman–Crippen LogP) is 1.95. The quantitative estimate of drug-likeness (QED) is 0.858. The zero-order valence-corrected chi connectivity index (χ0v) is 15.5. The van der Waals surface area contributed by atoms with E-state index >= 15 is 0 Å². The van der Waals surface area contributed by atoms with E-state index in [1.807, 2.05) is 0 Å². The molecule has 1 aliphatic heterocycles. The van der Waals surface area contributed by atoms with E-state index in [4.69, 9.17) is 0 Å². The second-order valence-electron chi connectivity index (χ2n) is 7.77. The Morgan fingerprint density at radius 3 is 2.73 bits per heavy atom. The van der Waals surface area contributed by atoms with Crippen LogP contribution in [0.15, 0.2) is 18.5 Å². The lowest BCUT2D eigenvalue weighted by Crippen LogP contribution is -2.36. The first-order valence-electron chi connectivity index (χ1n) is 9.46. The molecule has 4 rings (SSSR count). The topological polar surface area (TPSA) is 75.9 Å². The summed E-state index contributed by atoms with van der Waals surface area (Å²) >= 11 is 0. The Labute approximate surface area is 153 Å². The molecular formula is C19H26N6O. The van der Waals surface area contributed by atoms with Crippen LogP contribution in [-0.4, -0.2) is 43.6 Å². The predicted molar refractivity (Wildman–Crippen MR) is 97.5 cm³/mol. The van der Waals surface area contributed by atoms with Crippen molar-refractivity contribution in [1.29, 1.82) is 0 Å². The van der Waals surface area contributed by atoms with Gasteiger partial charge in [-0.25, -0.2) is 9.97 Å². The van der Waals surface area contributed by atoms with Crippen molar-refractivity contribution >= 4 is 5.91 Å². The summed E-state index contributed by atoms with van der Waals surface area (Å²) in [5, 5.41) is 7.54. The average molecular weight is 354 g/mol. The van der Waals surface area contributed by atoms with Crippen LogP contribution in [0.2, 0.25) is 0 Å². The highest BCUT2D eigenvalue weighted by Crippen LogP contribution is 2.37. The van der Waals surface area contributed by atoms with E-state index < -0.39 is 0 Å². The fraction of sp³-hybridized carbons (Fsp3) is 0.579. The van der Waals surface area contributed by atoms with E-state index in [0.717, 1.165) is 50.5 Å². The molecule has 3 heterocycles. The minimum atomic E-state index is -0.153. The van der Waals surface area contributed by atoms with Gasteiger partial charge in [0.15, 0.2) is 0 Å². The summed E-state index contributed by atoms with van der Waals surface area (Å²) < 4.78 is 2.06. The number of hydrogen-bond acceptors (Lipinski definition) is 5. The maximum absolute atomic E-state index is 12.3. The van der Waals surface area contributed by atoms with Gasteiger partial charge in [-0.2, -0.15) is 5.10 Å². The molecule has 7 heteroatoms. The minimum absolute atomic E-state index is 0.153. The van der Waals surface area contributed by atoms with Gasteiger partial charge in [0.1, 0.15) is 5.82 Å². The SMILES string of the molecule is CC(C)CN1CCn2nc(CNC(=O)c3cnc(C4CC4)nc3)cc2C1. The first kappa shape index (κ1) is 17.1. The van der Waals surface area contributed by atoms with Crippen molar-refractivity contribution in [1.82, 2.24) is 30.0 Å². The van der Waals surface area contributed by atoms with Gasteiger partial charge in [-0.15, -0.1) is 0 Å². The molecule has 0 atom stereocenters. The van der Waals surface area contributed by atoms with Crippen LogP contribution in [-0.2, 0) is 19.6 Å². The molecule has 2 aromatic rings. The number of nitrogens with one attached hydrogen (secondary N) is 1. The van der Waals surface area contributed by atoms with Gasteiger partial charge in [-0.05, 0) is 24.8 Å². The normalized spacial score (nSPS) is 17.3. The lowest BCUT2D eigenvalue weighted by atomic mass is 10.2. The number of rotatable bonds is 6. The summed E-state index contributed by atoms with van der Waals surface area (Å²) in [7, 11) is 0. The molecule has 7 nitrogen and oxygen atoms in total. The summed E-state index contributed by atoms with van der Waals surface area (Å²) in [4.78, 5) is 23.4. The second-order valence-corrected chi connectivity index (χ2v) is 7.77. The standard InChI is InChI=1S/C19H26N6O/c1-13(2)11-24-5-6-25-17(12-24)7-16(23-25)10-22-19(26)15-8-20-18(21-9-15)14-3-4-14/h7-9,13-14H,3-6,10-12H2,1-2H3,(H,22,26). The third kappa shape index (κ3) is 3.93. The smallest absolute Gasteiger partial charge is 0.254 e. The van der Waals surface area contributed by atoms with Crippen LogP contribution in [0.25, 0.3) is 0 Å². The zero-order valence-electron chi connectivity index (χ0n) is 15.5. The van der Waals surface area contributed by atoms with Gasteiger partial charge in [-0.1, -0.05) is 13.8 Å². The maximum Gasteiger partial charge on any atom is 0.254 e. The van der Waals surface area contributed by atoms with Gasteiger partial charge in [0.2, 0.25) is 0 Å². The average Bonchev–Trinajstić information content (AvgIpc) is 3.39. The summed E-state index contributed by atoms with van der Waals surface area (Å²) in [5.41, 5.74) is 2.62. The van der Waals surface area contributed by atoms with Crippen LogP contribution in [0.5, 0.6) is 0 Å². The molecule has 1 aliphatic carbocycles. The maximum atomic E-state index is 12.3. The van der Waals surface area contributed by atoms with Crippen molar-refractivity contribution in [3.8, 4) is 0 Å². The third-order valence-electron chi connectivity index (χ3n) is 4.86. The molecule has 0 spiro atoms. The number of nitrogens with zero attached hydrogens (tertiary/aromatic N) is 5. The van der Waals surface area contributed by atoms with Crippen LogP contribution in [0, 0.1) is 5.92 Å². The molecule has 26 heavy (non-hydrogen) atoms. The highest BCUT2D eigenvalue weighted by atomic mass is 16.1. The number of carbonyl (C=O) groups is 1.